The summed E-state index contributed by atoms with van der Waals surface area (Å²) in [5.41, 5.74) is 15.6. The lowest BCUT2D eigenvalue weighted by atomic mass is 9.66. The molecule has 268 valence electrons. The molecule has 0 spiro atoms. The number of nitrogens with zero attached hydrogens (tertiary/aromatic N) is 1. The molecule has 57 heavy (non-hydrogen) atoms. The number of anilines is 3. The van der Waals surface area contributed by atoms with Crippen molar-refractivity contribution in [2.75, 3.05) is 4.90 Å². The van der Waals surface area contributed by atoms with E-state index in [2.05, 4.69) is 229 Å². The van der Waals surface area contributed by atoms with Crippen LogP contribution >= 0.6 is 11.3 Å². The lowest BCUT2D eigenvalue weighted by Crippen LogP contribution is -2.28. The van der Waals surface area contributed by atoms with E-state index in [0.29, 0.717) is 0 Å². The van der Waals surface area contributed by atoms with E-state index < -0.39 is 5.41 Å². The van der Waals surface area contributed by atoms with Crippen LogP contribution in [0.15, 0.2) is 224 Å². The monoisotopic (exact) mass is 743 g/mol. The van der Waals surface area contributed by atoms with Gasteiger partial charge in [-0.15, -0.1) is 11.3 Å². The smallest absolute Gasteiger partial charge is 0.0720 e. The van der Waals surface area contributed by atoms with Crippen LogP contribution in [-0.4, -0.2) is 0 Å². The van der Waals surface area contributed by atoms with E-state index >= 15 is 0 Å². The maximum Gasteiger partial charge on any atom is 0.0720 e. The van der Waals surface area contributed by atoms with Gasteiger partial charge in [-0.3, -0.25) is 0 Å². The molecule has 1 nitrogen and oxygen atoms in total. The van der Waals surface area contributed by atoms with Crippen LogP contribution < -0.4 is 4.90 Å². The minimum atomic E-state index is -0.470. The van der Waals surface area contributed by atoms with Gasteiger partial charge in [0.05, 0.1) is 5.41 Å². The molecule has 11 rings (SSSR count). The number of thiophene rings is 1. The van der Waals surface area contributed by atoms with Gasteiger partial charge in [-0.1, -0.05) is 182 Å². The highest BCUT2D eigenvalue weighted by molar-refractivity contribution is 7.25. The number of rotatable bonds is 7. The van der Waals surface area contributed by atoms with E-state index in [1.54, 1.807) is 0 Å². The Balaban J connectivity index is 1.14. The third-order valence-corrected chi connectivity index (χ3v) is 12.8. The summed E-state index contributed by atoms with van der Waals surface area (Å²) in [6.45, 7) is 0. The van der Waals surface area contributed by atoms with Crippen LogP contribution in [0.3, 0.4) is 0 Å². The quantitative estimate of drug-likeness (QED) is 0.157. The standard InChI is InChI=1S/C55H37NS/c1-4-17-38(18-5-1)40-21-14-25-43(35-40)56(44-26-15-22-41(36-44)39-19-6-2-7-20-39)45-33-34-48-53(37-45)57-52-32-16-31-51(54(48)52)55(42-23-8-3-9-24-42)49-29-12-10-27-46(49)47-28-11-13-30-50(47)55/h1-37H. The average Bonchev–Trinajstić information content (AvgIpc) is 3.81. The minimum absolute atomic E-state index is 0.470. The molecule has 1 aliphatic carbocycles. The summed E-state index contributed by atoms with van der Waals surface area (Å²) in [4.78, 5) is 2.42. The van der Waals surface area contributed by atoms with Gasteiger partial charge in [0.2, 0.25) is 0 Å². The van der Waals surface area contributed by atoms with Gasteiger partial charge in [0.25, 0.3) is 0 Å². The third kappa shape index (κ3) is 5.37. The van der Waals surface area contributed by atoms with Crippen LogP contribution in [0.1, 0.15) is 22.3 Å². The molecule has 0 aliphatic heterocycles. The second-order valence-corrected chi connectivity index (χ2v) is 15.9. The van der Waals surface area contributed by atoms with E-state index in [0.717, 1.165) is 17.1 Å². The summed E-state index contributed by atoms with van der Waals surface area (Å²) >= 11 is 1.89. The van der Waals surface area contributed by atoms with Gasteiger partial charge in [0.15, 0.2) is 0 Å². The first-order valence-electron chi connectivity index (χ1n) is 19.6. The van der Waals surface area contributed by atoms with Crippen molar-refractivity contribution in [1.82, 2.24) is 0 Å². The van der Waals surface area contributed by atoms with Crippen molar-refractivity contribution in [1.29, 1.82) is 0 Å². The largest absolute Gasteiger partial charge is 0.310 e. The van der Waals surface area contributed by atoms with Crippen molar-refractivity contribution in [3.8, 4) is 33.4 Å². The van der Waals surface area contributed by atoms with Crippen molar-refractivity contribution in [3.63, 3.8) is 0 Å². The minimum Gasteiger partial charge on any atom is -0.310 e. The van der Waals surface area contributed by atoms with E-state index in [-0.39, 0.29) is 0 Å². The second-order valence-electron chi connectivity index (χ2n) is 14.8. The molecule has 10 aromatic rings. The molecule has 1 aliphatic rings. The van der Waals surface area contributed by atoms with Crippen LogP contribution in [-0.2, 0) is 5.41 Å². The third-order valence-electron chi connectivity index (χ3n) is 11.7. The molecule has 1 heterocycles. The van der Waals surface area contributed by atoms with Crippen molar-refractivity contribution in [2.24, 2.45) is 0 Å². The van der Waals surface area contributed by atoms with Gasteiger partial charge in [-0.05, 0) is 98.1 Å². The normalized spacial score (nSPS) is 12.7. The Morgan fingerprint density at radius 3 is 1.40 bits per heavy atom. The van der Waals surface area contributed by atoms with Crippen LogP contribution in [0, 0.1) is 0 Å². The van der Waals surface area contributed by atoms with E-state index in [1.165, 1.54) is 75.8 Å². The first kappa shape index (κ1) is 33.3. The molecule has 0 radical (unpaired) electrons. The van der Waals surface area contributed by atoms with Gasteiger partial charge in [0, 0.05) is 37.2 Å². The van der Waals surface area contributed by atoms with Crippen LogP contribution in [0.4, 0.5) is 17.1 Å². The Morgan fingerprint density at radius 2 is 0.807 bits per heavy atom. The van der Waals surface area contributed by atoms with Gasteiger partial charge in [0.1, 0.15) is 0 Å². The molecule has 1 aromatic heterocycles. The first-order chi connectivity index (χ1) is 28.3. The van der Waals surface area contributed by atoms with E-state index in [1.807, 2.05) is 11.3 Å². The number of hydrogen-bond donors (Lipinski definition) is 0. The fourth-order valence-electron chi connectivity index (χ4n) is 9.30. The predicted octanol–water partition coefficient (Wildman–Crippen LogP) is 15.2. The highest BCUT2D eigenvalue weighted by Gasteiger charge is 2.47. The maximum atomic E-state index is 2.42. The Bertz CT molecular complexity index is 2940. The topological polar surface area (TPSA) is 3.24 Å². The van der Waals surface area contributed by atoms with Gasteiger partial charge < -0.3 is 4.90 Å². The van der Waals surface area contributed by atoms with Crippen molar-refractivity contribution in [2.45, 2.75) is 5.41 Å². The summed E-state index contributed by atoms with van der Waals surface area (Å²) in [6.07, 6.45) is 0. The van der Waals surface area contributed by atoms with Gasteiger partial charge in [-0.2, -0.15) is 0 Å². The second kappa shape index (κ2) is 13.6. The molecular weight excluding hydrogens is 707 g/mol. The molecule has 0 saturated heterocycles. The summed E-state index contributed by atoms with van der Waals surface area (Å²) in [5.74, 6) is 0. The van der Waals surface area contributed by atoms with Crippen molar-refractivity contribution >= 4 is 48.6 Å². The molecule has 0 fully saturated rings. The van der Waals surface area contributed by atoms with Gasteiger partial charge in [-0.25, -0.2) is 0 Å². The van der Waals surface area contributed by atoms with Crippen LogP contribution in [0.25, 0.3) is 53.6 Å². The molecule has 0 saturated carbocycles. The summed E-state index contributed by atoms with van der Waals surface area (Å²) in [7, 11) is 0. The molecule has 0 atom stereocenters. The van der Waals surface area contributed by atoms with Gasteiger partial charge >= 0.3 is 0 Å². The highest BCUT2D eigenvalue weighted by Crippen LogP contribution is 2.58. The average molecular weight is 744 g/mol. The van der Waals surface area contributed by atoms with Crippen LogP contribution in [0.2, 0.25) is 0 Å². The molecule has 0 N–H and O–H groups in total. The number of benzene rings is 9. The Morgan fingerprint density at radius 1 is 0.333 bits per heavy atom. The molecular formula is C55H37NS. The molecule has 0 unspecified atom stereocenters. The van der Waals surface area contributed by atoms with E-state index in [4.69, 9.17) is 0 Å². The van der Waals surface area contributed by atoms with E-state index in [9.17, 15) is 0 Å². The maximum absolute atomic E-state index is 2.42. The zero-order valence-corrected chi connectivity index (χ0v) is 32.0. The summed E-state index contributed by atoms with van der Waals surface area (Å²) in [6, 6.07) is 82.4. The fourth-order valence-corrected chi connectivity index (χ4v) is 10.5. The van der Waals surface area contributed by atoms with Crippen molar-refractivity contribution in [3.05, 3.63) is 247 Å². The highest BCUT2D eigenvalue weighted by atomic mass is 32.1. The lowest BCUT2D eigenvalue weighted by molar-refractivity contribution is 0.777. The predicted molar refractivity (Wildman–Crippen MR) is 242 cm³/mol. The first-order valence-corrected chi connectivity index (χ1v) is 20.4. The zero-order chi connectivity index (χ0) is 37.8. The Labute approximate surface area is 337 Å². The zero-order valence-electron chi connectivity index (χ0n) is 31.2. The fraction of sp³-hybridized carbons (Fsp3) is 0.0182. The number of fused-ring (bicyclic) bond motifs is 6. The summed E-state index contributed by atoms with van der Waals surface area (Å²) < 4.78 is 2.56. The van der Waals surface area contributed by atoms with Crippen molar-refractivity contribution < 1.29 is 0 Å². The molecule has 0 amide bonds. The van der Waals surface area contributed by atoms with Crippen LogP contribution in [0.5, 0.6) is 0 Å². The SMILES string of the molecule is c1ccc(-c2cccc(N(c3cccc(-c4ccccc4)c3)c3ccc4c(c3)sc3cccc(C5(c6ccccc6)c6ccccc6-c6ccccc65)c34)c2)cc1. The summed E-state index contributed by atoms with van der Waals surface area (Å²) in [5, 5.41) is 2.60. The molecule has 0 bridgehead atoms. The number of hydrogen-bond acceptors (Lipinski definition) is 2. The lowest BCUT2D eigenvalue weighted by Gasteiger charge is -2.34. The molecule has 2 heteroatoms. The molecule has 9 aromatic carbocycles. The Hall–Kier alpha value is -7.00. The Kier molecular flexibility index (Phi) is 7.98.